The van der Waals surface area contributed by atoms with E-state index in [1.165, 1.54) is 14.2 Å². The van der Waals surface area contributed by atoms with E-state index in [4.69, 9.17) is 14.2 Å². The first-order chi connectivity index (χ1) is 12.2. The molecule has 0 atom stereocenters. The molecule has 3 rings (SSSR count). The minimum atomic E-state index is -0.442. The molecule has 0 saturated heterocycles. The Bertz CT molecular complexity index is 845. The Morgan fingerprint density at radius 2 is 2.04 bits per heavy atom. The number of methoxy groups -OCH3 is 2. The van der Waals surface area contributed by atoms with Gasteiger partial charge in [0.1, 0.15) is 23.7 Å². The Labute approximate surface area is 144 Å². The standard InChI is InChI=1S/C18H17N3O4/c1-23-17-9-12(3-5-14(17)18(22)24-2)11-25-13-4-6-15(19-10-13)16-7-8-20-21-16/h3-10H,11H2,1-2H3,(H,20,21). The van der Waals surface area contributed by atoms with Crippen molar-refractivity contribution in [2.24, 2.45) is 0 Å². The molecule has 0 unspecified atom stereocenters. The molecular formula is C18H17N3O4. The van der Waals surface area contributed by atoms with Crippen LogP contribution in [0.3, 0.4) is 0 Å². The van der Waals surface area contributed by atoms with Gasteiger partial charge in [0.05, 0.1) is 31.8 Å². The Hall–Kier alpha value is -3.35. The number of esters is 1. The fraction of sp³-hybridized carbons (Fsp3) is 0.167. The summed E-state index contributed by atoms with van der Waals surface area (Å²) in [6.07, 6.45) is 3.32. The molecule has 0 aliphatic rings. The minimum absolute atomic E-state index is 0.322. The molecule has 0 fully saturated rings. The number of hydrogen-bond acceptors (Lipinski definition) is 6. The Kier molecular flexibility index (Phi) is 4.94. The van der Waals surface area contributed by atoms with Crippen molar-refractivity contribution in [1.82, 2.24) is 15.2 Å². The van der Waals surface area contributed by atoms with Crippen molar-refractivity contribution in [3.05, 3.63) is 59.9 Å². The SMILES string of the molecule is COC(=O)c1ccc(COc2ccc(-c3ccn[nH]3)nc2)cc1OC. The van der Waals surface area contributed by atoms with Crippen LogP contribution in [0.1, 0.15) is 15.9 Å². The zero-order valence-corrected chi connectivity index (χ0v) is 13.9. The lowest BCUT2D eigenvalue weighted by molar-refractivity contribution is 0.0597. The molecule has 7 nitrogen and oxygen atoms in total. The normalized spacial score (nSPS) is 10.3. The zero-order valence-electron chi connectivity index (χ0n) is 13.9. The molecule has 3 aromatic rings. The summed E-state index contributed by atoms with van der Waals surface area (Å²) in [6, 6.07) is 10.7. The van der Waals surface area contributed by atoms with Crippen molar-refractivity contribution >= 4 is 5.97 Å². The average molecular weight is 339 g/mol. The third kappa shape index (κ3) is 3.77. The van der Waals surface area contributed by atoms with Crippen molar-refractivity contribution in [2.45, 2.75) is 6.61 Å². The lowest BCUT2D eigenvalue weighted by Crippen LogP contribution is -2.05. The maximum absolute atomic E-state index is 11.7. The van der Waals surface area contributed by atoms with Gasteiger partial charge >= 0.3 is 5.97 Å². The molecule has 128 valence electrons. The lowest BCUT2D eigenvalue weighted by atomic mass is 10.1. The second-order valence-corrected chi connectivity index (χ2v) is 5.16. The van der Waals surface area contributed by atoms with E-state index in [9.17, 15) is 4.79 Å². The van der Waals surface area contributed by atoms with E-state index >= 15 is 0 Å². The molecule has 0 amide bonds. The summed E-state index contributed by atoms with van der Waals surface area (Å²) in [5.74, 6) is 0.642. The molecule has 1 aromatic carbocycles. The summed E-state index contributed by atoms with van der Waals surface area (Å²) in [6.45, 7) is 0.322. The first-order valence-electron chi connectivity index (χ1n) is 7.55. The van der Waals surface area contributed by atoms with Crippen LogP contribution in [-0.4, -0.2) is 35.4 Å². The molecule has 1 N–H and O–H groups in total. The minimum Gasteiger partial charge on any atom is -0.496 e. The summed E-state index contributed by atoms with van der Waals surface area (Å²) >= 11 is 0. The van der Waals surface area contributed by atoms with Gasteiger partial charge in [0.15, 0.2) is 0 Å². The number of H-pyrrole nitrogens is 1. The first-order valence-corrected chi connectivity index (χ1v) is 7.55. The summed E-state index contributed by atoms with van der Waals surface area (Å²) < 4.78 is 15.7. The molecule has 2 aromatic heterocycles. The molecule has 0 spiro atoms. The maximum atomic E-state index is 11.7. The molecule has 0 radical (unpaired) electrons. The summed E-state index contributed by atoms with van der Waals surface area (Å²) in [7, 11) is 2.84. The van der Waals surface area contributed by atoms with Gasteiger partial charge in [0, 0.05) is 6.20 Å². The average Bonchev–Trinajstić information content (AvgIpc) is 3.20. The largest absolute Gasteiger partial charge is 0.496 e. The molecule has 7 heteroatoms. The van der Waals surface area contributed by atoms with Crippen LogP contribution in [-0.2, 0) is 11.3 Å². The van der Waals surface area contributed by atoms with Crippen molar-refractivity contribution in [2.75, 3.05) is 14.2 Å². The van der Waals surface area contributed by atoms with E-state index < -0.39 is 5.97 Å². The van der Waals surface area contributed by atoms with Crippen LogP contribution in [0.5, 0.6) is 11.5 Å². The second kappa shape index (κ2) is 7.48. The van der Waals surface area contributed by atoms with Gasteiger partial charge in [-0.15, -0.1) is 0 Å². The predicted molar refractivity (Wildman–Crippen MR) is 90.5 cm³/mol. The Morgan fingerprint density at radius 3 is 2.68 bits per heavy atom. The van der Waals surface area contributed by atoms with Gasteiger partial charge in [-0.1, -0.05) is 6.07 Å². The highest BCUT2D eigenvalue weighted by atomic mass is 16.5. The molecule has 2 heterocycles. The Balaban J connectivity index is 1.68. The number of carbonyl (C=O) groups excluding carboxylic acids is 1. The topological polar surface area (TPSA) is 86.3 Å². The number of benzene rings is 1. The van der Waals surface area contributed by atoms with Crippen molar-refractivity contribution in [3.8, 4) is 22.9 Å². The smallest absolute Gasteiger partial charge is 0.341 e. The zero-order chi connectivity index (χ0) is 17.6. The number of aromatic amines is 1. The van der Waals surface area contributed by atoms with Crippen LogP contribution < -0.4 is 9.47 Å². The van der Waals surface area contributed by atoms with E-state index in [0.717, 1.165) is 17.0 Å². The lowest BCUT2D eigenvalue weighted by Gasteiger charge is -2.10. The first kappa shape index (κ1) is 16.5. The third-order valence-corrected chi connectivity index (χ3v) is 3.59. The molecule has 0 saturated carbocycles. The van der Waals surface area contributed by atoms with Gasteiger partial charge in [-0.3, -0.25) is 10.1 Å². The van der Waals surface area contributed by atoms with Crippen LogP contribution in [0, 0.1) is 0 Å². The second-order valence-electron chi connectivity index (χ2n) is 5.16. The number of ether oxygens (including phenoxy) is 3. The number of pyridine rings is 1. The number of aromatic nitrogens is 3. The highest BCUT2D eigenvalue weighted by molar-refractivity contribution is 5.92. The number of nitrogens with zero attached hydrogens (tertiary/aromatic N) is 2. The van der Waals surface area contributed by atoms with E-state index in [1.807, 2.05) is 18.2 Å². The van der Waals surface area contributed by atoms with E-state index in [2.05, 4.69) is 15.2 Å². The van der Waals surface area contributed by atoms with Crippen LogP contribution in [0.2, 0.25) is 0 Å². The molecule has 0 aliphatic carbocycles. The fourth-order valence-electron chi connectivity index (χ4n) is 2.29. The van der Waals surface area contributed by atoms with Gasteiger partial charge in [0.2, 0.25) is 0 Å². The van der Waals surface area contributed by atoms with Crippen molar-refractivity contribution in [1.29, 1.82) is 0 Å². The Morgan fingerprint density at radius 1 is 1.16 bits per heavy atom. The molecule has 25 heavy (non-hydrogen) atoms. The number of rotatable bonds is 6. The number of carbonyl (C=O) groups is 1. The van der Waals surface area contributed by atoms with Crippen LogP contribution in [0.25, 0.3) is 11.4 Å². The molecular weight excluding hydrogens is 322 g/mol. The quantitative estimate of drug-likeness (QED) is 0.695. The summed E-state index contributed by atoms with van der Waals surface area (Å²) in [5.41, 5.74) is 2.87. The van der Waals surface area contributed by atoms with E-state index in [-0.39, 0.29) is 0 Å². The van der Waals surface area contributed by atoms with Gasteiger partial charge in [-0.05, 0) is 35.9 Å². The third-order valence-electron chi connectivity index (χ3n) is 3.59. The number of hydrogen-bond donors (Lipinski definition) is 1. The van der Waals surface area contributed by atoms with Crippen LogP contribution in [0.4, 0.5) is 0 Å². The van der Waals surface area contributed by atoms with Crippen molar-refractivity contribution in [3.63, 3.8) is 0 Å². The number of nitrogens with one attached hydrogen (secondary N) is 1. The summed E-state index contributed by atoms with van der Waals surface area (Å²) in [5, 5.41) is 6.76. The van der Waals surface area contributed by atoms with Gasteiger partial charge < -0.3 is 14.2 Å². The van der Waals surface area contributed by atoms with Gasteiger partial charge in [-0.25, -0.2) is 4.79 Å². The monoisotopic (exact) mass is 339 g/mol. The van der Waals surface area contributed by atoms with E-state index in [0.29, 0.717) is 23.7 Å². The van der Waals surface area contributed by atoms with Gasteiger partial charge in [-0.2, -0.15) is 5.10 Å². The maximum Gasteiger partial charge on any atom is 0.341 e. The van der Waals surface area contributed by atoms with Crippen LogP contribution >= 0.6 is 0 Å². The van der Waals surface area contributed by atoms with E-state index in [1.54, 1.807) is 30.6 Å². The van der Waals surface area contributed by atoms with Crippen molar-refractivity contribution < 1.29 is 19.0 Å². The van der Waals surface area contributed by atoms with Gasteiger partial charge in [0.25, 0.3) is 0 Å². The highest BCUT2D eigenvalue weighted by Gasteiger charge is 2.13. The van der Waals surface area contributed by atoms with Crippen LogP contribution in [0.15, 0.2) is 48.8 Å². The predicted octanol–water partition coefficient (Wildman–Crippen LogP) is 2.85. The molecule has 0 aliphatic heterocycles. The summed E-state index contributed by atoms with van der Waals surface area (Å²) in [4.78, 5) is 16.0. The highest BCUT2D eigenvalue weighted by Crippen LogP contribution is 2.23. The molecule has 0 bridgehead atoms. The fourth-order valence-corrected chi connectivity index (χ4v) is 2.29.